The fourth-order valence-corrected chi connectivity index (χ4v) is 3.89. The summed E-state index contributed by atoms with van der Waals surface area (Å²) < 4.78 is 7.43. The Morgan fingerprint density at radius 3 is 2.82 bits per heavy atom. The van der Waals surface area contributed by atoms with E-state index in [4.69, 9.17) is 9.40 Å². The smallest absolute Gasteiger partial charge is 0.253 e. The van der Waals surface area contributed by atoms with Crippen molar-refractivity contribution < 1.29 is 9.21 Å². The predicted octanol–water partition coefficient (Wildman–Crippen LogP) is 4.09. The quantitative estimate of drug-likeness (QED) is 0.543. The number of pyridine rings is 1. The molecule has 1 aromatic carbocycles. The molecule has 0 bridgehead atoms. The van der Waals surface area contributed by atoms with Gasteiger partial charge in [-0.3, -0.25) is 4.79 Å². The van der Waals surface area contributed by atoms with Crippen LogP contribution < -0.4 is 0 Å². The van der Waals surface area contributed by atoms with Gasteiger partial charge < -0.3 is 13.9 Å². The lowest BCUT2D eigenvalue weighted by atomic mass is 10.1. The van der Waals surface area contributed by atoms with E-state index in [1.54, 1.807) is 18.7 Å². The molecule has 0 unspecified atom stereocenters. The summed E-state index contributed by atoms with van der Waals surface area (Å²) in [5.74, 6) is 0.904. The monoisotopic (exact) mass is 372 g/mol. The number of furan rings is 1. The topological polar surface area (TPSA) is 64.2 Å². The predicted molar refractivity (Wildman–Crippen MR) is 106 cm³/mol. The molecule has 28 heavy (non-hydrogen) atoms. The van der Waals surface area contributed by atoms with Gasteiger partial charge in [-0.15, -0.1) is 0 Å². The molecule has 1 atom stereocenters. The van der Waals surface area contributed by atoms with Gasteiger partial charge >= 0.3 is 0 Å². The van der Waals surface area contributed by atoms with Crippen LogP contribution in [0.4, 0.5) is 0 Å². The lowest BCUT2D eigenvalue weighted by molar-refractivity contribution is 0.0788. The third-order valence-electron chi connectivity index (χ3n) is 5.34. The van der Waals surface area contributed by atoms with E-state index < -0.39 is 0 Å². The van der Waals surface area contributed by atoms with E-state index in [-0.39, 0.29) is 11.9 Å². The Balaban J connectivity index is 1.49. The molecule has 6 nitrogen and oxygen atoms in total. The molecule has 1 amide bonds. The van der Waals surface area contributed by atoms with Crippen molar-refractivity contribution in [1.82, 2.24) is 19.4 Å². The van der Waals surface area contributed by atoms with E-state index >= 15 is 0 Å². The van der Waals surface area contributed by atoms with Crippen molar-refractivity contribution in [1.29, 1.82) is 0 Å². The maximum atomic E-state index is 12.9. The summed E-state index contributed by atoms with van der Waals surface area (Å²) in [5, 5.41) is 0. The highest BCUT2D eigenvalue weighted by atomic mass is 16.3. The van der Waals surface area contributed by atoms with E-state index in [0.717, 1.165) is 40.1 Å². The summed E-state index contributed by atoms with van der Waals surface area (Å²) in [7, 11) is 0. The van der Waals surface area contributed by atoms with Crippen LogP contribution in [0.15, 0.2) is 65.6 Å². The molecule has 1 fully saturated rings. The van der Waals surface area contributed by atoms with E-state index in [1.807, 2.05) is 54.3 Å². The summed E-state index contributed by atoms with van der Waals surface area (Å²) >= 11 is 0. The van der Waals surface area contributed by atoms with Crippen LogP contribution in [0.2, 0.25) is 0 Å². The number of aromatic nitrogens is 3. The molecule has 4 heterocycles. The number of rotatable bonds is 3. The number of hydrogen-bond acceptors (Lipinski definition) is 4. The molecule has 5 rings (SSSR count). The highest BCUT2D eigenvalue weighted by Gasteiger charge is 2.31. The zero-order valence-electron chi connectivity index (χ0n) is 15.6. The van der Waals surface area contributed by atoms with Gasteiger partial charge in [0.1, 0.15) is 17.6 Å². The minimum atomic E-state index is 0.0738. The number of amides is 1. The summed E-state index contributed by atoms with van der Waals surface area (Å²) in [6.45, 7) is 3.38. The zero-order valence-corrected chi connectivity index (χ0v) is 15.6. The lowest BCUT2D eigenvalue weighted by Crippen LogP contribution is -2.29. The van der Waals surface area contributed by atoms with E-state index in [0.29, 0.717) is 13.1 Å². The minimum Gasteiger partial charge on any atom is -0.472 e. The zero-order chi connectivity index (χ0) is 19.1. The molecule has 0 radical (unpaired) electrons. The van der Waals surface area contributed by atoms with Crippen LogP contribution in [0.3, 0.4) is 0 Å². The number of hydrogen-bond donors (Lipinski definition) is 0. The molecule has 0 spiro atoms. The Kier molecular flexibility index (Phi) is 3.97. The van der Waals surface area contributed by atoms with Crippen LogP contribution in [0, 0.1) is 6.92 Å². The van der Waals surface area contributed by atoms with Crippen molar-refractivity contribution in [3.05, 3.63) is 72.3 Å². The van der Waals surface area contributed by atoms with Gasteiger partial charge in [0.25, 0.3) is 5.91 Å². The maximum Gasteiger partial charge on any atom is 0.253 e. The molecule has 4 aromatic rings. The second-order valence-corrected chi connectivity index (χ2v) is 7.22. The fourth-order valence-electron chi connectivity index (χ4n) is 3.89. The first-order valence-corrected chi connectivity index (χ1v) is 9.42. The van der Waals surface area contributed by atoms with Crippen molar-refractivity contribution in [3.8, 4) is 11.4 Å². The molecule has 3 aromatic heterocycles. The normalized spacial score (nSPS) is 16.8. The van der Waals surface area contributed by atoms with Crippen molar-refractivity contribution in [3.63, 3.8) is 0 Å². The van der Waals surface area contributed by atoms with Crippen LogP contribution in [-0.4, -0.2) is 38.4 Å². The minimum absolute atomic E-state index is 0.0738. The van der Waals surface area contributed by atoms with Crippen molar-refractivity contribution >= 4 is 17.1 Å². The Morgan fingerprint density at radius 1 is 1.18 bits per heavy atom. The number of fused-ring (bicyclic) bond motifs is 1. The van der Waals surface area contributed by atoms with Gasteiger partial charge in [0.2, 0.25) is 0 Å². The lowest BCUT2D eigenvalue weighted by Gasteiger charge is -2.18. The Labute approximate surface area is 162 Å². The maximum absolute atomic E-state index is 12.9. The Bertz CT molecular complexity index is 1130. The second-order valence-electron chi connectivity index (χ2n) is 7.22. The molecule has 0 saturated carbocycles. The number of carbonyl (C=O) groups is 1. The van der Waals surface area contributed by atoms with Gasteiger partial charge in [0.05, 0.1) is 17.9 Å². The molecule has 1 aliphatic rings. The summed E-state index contributed by atoms with van der Waals surface area (Å²) in [4.78, 5) is 24.2. The largest absolute Gasteiger partial charge is 0.472 e. The number of benzene rings is 1. The average molecular weight is 372 g/mol. The highest BCUT2D eigenvalue weighted by molar-refractivity contribution is 5.94. The van der Waals surface area contributed by atoms with Gasteiger partial charge in [0, 0.05) is 24.8 Å². The molecular weight excluding hydrogens is 352 g/mol. The van der Waals surface area contributed by atoms with Crippen LogP contribution in [0.1, 0.15) is 28.4 Å². The van der Waals surface area contributed by atoms with Gasteiger partial charge in [-0.2, -0.15) is 0 Å². The molecule has 0 N–H and O–H groups in total. The highest BCUT2D eigenvalue weighted by Crippen LogP contribution is 2.32. The third kappa shape index (κ3) is 2.78. The molecule has 140 valence electrons. The molecule has 0 aliphatic carbocycles. The van der Waals surface area contributed by atoms with Crippen molar-refractivity contribution in [2.45, 2.75) is 19.4 Å². The number of nitrogens with zero attached hydrogens (tertiary/aromatic N) is 4. The van der Waals surface area contributed by atoms with Crippen molar-refractivity contribution in [2.24, 2.45) is 0 Å². The van der Waals surface area contributed by atoms with E-state index in [1.165, 1.54) is 0 Å². The fraction of sp³-hybridized carbons (Fsp3) is 0.227. The van der Waals surface area contributed by atoms with Crippen molar-refractivity contribution in [2.75, 3.05) is 13.1 Å². The number of likely N-dealkylation sites (tertiary alicyclic amines) is 1. The first-order chi connectivity index (χ1) is 13.7. The first kappa shape index (κ1) is 16.7. The Morgan fingerprint density at radius 2 is 2.04 bits per heavy atom. The van der Waals surface area contributed by atoms with Crippen LogP contribution in [0.25, 0.3) is 22.6 Å². The van der Waals surface area contributed by atoms with Gasteiger partial charge in [-0.1, -0.05) is 17.7 Å². The second kappa shape index (κ2) is 6.64. The van der Waals surface area contributed by atoms with E-state index in [2.05, 4.69) is 9.55 Å². The van der Waals surface area contributed by atoms with Gasteiger partial charge in [-0.25, -0.2) is 9.97 Å². The summed E-state index contributed by atoms with van der Waals surface area (Å²) in [6, 6.07) is 13.6. The summed E-state index contributed by atoms with van der Waals surface area (Å²) in [5.41, 5.74) is 4.49. The molecular formula is C22H20N4O2. The Hall–Kier alpha value is -3.41. The van der Waals surface area contributed by atoms with E-state index in [9.17, 15) is 4.79 Å². The third-order valence-corrected chi connectivity index (χ3v) is 5.34. The number of carbonyl (C=O) groups excluding carboxylic acids is 1. The molecule has 1 saturated heterocycles. The summed E-state index contributed by atoms with van der Waals surface area (Å²) in [6.07, 6.45) is 5.99. The average Bonchev–Trinajstić information content (AvgIpc) is 3.46. The standard InChI is InChI=1S/C22H20N4O2/c1-15-4-6-16(7-5-15)22(27)25-11-8-18(13-25)26-20(17-9-12-28-14-17)24-19-3-2-10-23-21(19)26/h2-7,9-10,12,14,18H,8,11,13H2,1H3/t18-/m1/s1. The first-order valence-electron chi connectivity index (χ1n) is 9.42. The van der Waals surface area contributed by atoms with Crippen LogP contribution >= 0.6 is 0 Å². The van der Waals surface area contributed by atoms with Gasteiger partial charge in [-0.05, 0) is 43.7 Å². The van der Waals surface area contributed by atoms with Crippen LogP contribution in [-0.2, 0) is 0 Å². The molecule has 6 heteroatoms. The SMILES string of the molecule is Cc1ccc(C(=O)N2CC[C@@H](n3c(-c4ccoc4)nc4cccnc43)C2)cc1. The molecule has 1 aliphatic heterocycles. The number of aryl methyl sites for hydroxylation is 1. The van der Waals surface area contributed by atoms with Crippen LogP contribution in [0.5, 0.6) is 0 Å². The van der Waals surface area contributed by atoms with Gasteiger partial charge in [0.15, 0.2) is 5.65 Å². The number of imidazole rings is 1.